The van der Waals surface area contributed by atoms with E-state index in [1.165, 1.54) is 10.7 Å². The standard InChI is InChI=1S/C17H16F2N2O3/c1-2-23-17(22)16-11-8-10-4-6-14(24-10)15(11)20-21(16)13-5-3-9(18)7-12(13)19/h3,5,7,10,14H,2,4,6,8H2,1H3. The van der Waals surface area contributed by atoms with E-state index in [-0.39, 0.29) is 30.2 Å². The molecule has 0 aliphatic carbocycles. The molecule has 0 radical (unpaired) electrons. The zero-order valence-corrected chi connectivity index (χ0v) is 13.1. The largest absolute Gasteiger partial charge is 0.461 e. The maximum Gasteiger partial charge on any atom is 0.357 e. The lowest BCUT2D eigenvalue weighted by molar-refractivity contribution is 0.0294. The van der Waals surface area contributed by atoms with Gasteiger partial charge < -0.3 is 9.47 Å². The third-order valence-corrected chi connectivity index (χ3v) is 4.47. The first-order valence-electron chi connectivity index (χ1n) is 7.98. The van der Waals surface area contributed by atoms with Gasteiger partial charge in [-0.15, -0.1) is 0 Å². The number of ether oxygens (including phenoxy) is 2. The molecule has 2 unspecified atom stereocenters. The van der Waals surface area contributed by atoms with Gasteiger partial charge in [-0.3, -0.25) is 0 Å². The van der Waals surface area contributed by atoms with Crippen LogP contribution in [0.25, 0.3) is 5.69 Å². The van der Waals surface area contributed by atoms with Crippen LogP contribution in [-0.4, -0.2) is 28.5 Å². The normalized spacial score (nSPS) is 21.6. The molecule has 0 amide bonds. The molecule has 1 fully saturated rings. The van der Waals surface area contributed by atoms with Crippen molar-refractivity contribution in [2.24, 2.45) is 0 Å². The summed E-state index contributed by atoms with van der Waals surface area (Å²) in [6, 6.07) is 3.18. The van der Waals surface area contributed by atoms with E-state index in [9.17, 15) is 13.6 Å². The maximum atomic E-state index is 14.2. The number of hydrogen-bond acceptors (Lipinski definition) is 4. The second-order valence-corrected chi connectivity index (χ2v) is 5.97. The Morgan fingerprint density at radius 2 is 2.25 bits per heavy atom. The highest BCUT2D eigenvalue weighted by Crippen LogP contribution is 2.42. The molecule has 2 aliphatic rings. The van der Waals surface area contributed by atoms with Crippen LogP contribution in [0.5, 0.6) is 0 Å². The molecule has 4 rings (SSSR count). The smallest absolute Gasteiger partial charge is 0.357 e. The Balaban J connectivity index is 1.90. The van der Waals surface area contributed by atoms with Crippen LogP contribution in [0.3, 0.4) is 0 Å². The molecule has 1 saturated heterocycles. The molecule has 126 valence electrons. The van der Waals surface area contributed by atoms with Gasteiger partial charge in [0.1, 0.15) is 17.6 Å². The van der Waals surface area contributed by atoms with Crippen LogP contribution in [0.15, 0.2) is 18.2 Å². The number of halogens is 2. The Labute approximate surface area is 137 Å². The third kappa shape index (κ3) is 2.31. The van der Waals surface area contributed by atoms with Crippen molar-refractivity contribution in [1.29, 1.82) is 0 Å². The summed E-state index contributed by atoms with van der Waals surface area (Å²) in [5.74, 6) is -2.03. The summed E-state index contributed by atoms with van der Waals surface area (Å²) in [5, 5.41) is 4.42. The number of benzene rings is 1. The molecule has 0 N–H and O–H groups in total. The average molecular weight is 334 g/mol. The number of nitrogens with zero attached hydrogens (tertiary/aromatic N) is 2. The maximum absolute atomic E-state index is 14.2. The molecule has 0 saturated carbocycles. The average Bonchev–Trinajstić information content (AvgIpc) is 3.10. The number of carbonyl (C=O) groups is 1. The van der Waals surface area contributed by atoms with Crippen LogP contribution < -0.4 is 0 Å². The first-order chi connectivity index (χ1) is 11.6. The van der Waals surface area contributed by atoms with Crippen molar-refractivity contribution in [1.82, 2.24) is 9.78 Å². The van der Waals surface area contributed by atoms with Gasteiger partial charge in [0, 0.05) is 18.1 Å². The first kappa shape index (κ1) is 15.3. The van der Waals surface area contributed by atoms with Gasteiger partial charge in [-0.2, -0.15) is 5.10 Å². The predicted molar refractivity (Wildman–Crippen MR) is 80.0 cm³/mol. The van der Waals surface area contributed by atoms with Gasteiger partial charge in [0.25, 0.3) is 0 Å². The monoisotopic (exact) mass is 334 g/mol. The molecule has 2 atom stereocenters. The zero-order chi connectivity index (χ0) is 16.8. The Morgan fingerprint density at radius 1 is 1.42 bits per heavy atom. The van der Waals surface area contributed by atoms with Gasteiger partial charge in [0.15, 0.2) is 11.5 Å². The van der Waals surface area contributed by atoms with E-state index < -0.39 is 17.6 Å². The number of fused-ring (bicyclic) bond motifs is 4. The molecule has 7 heteroatoms. The highest BCUT2D eigenvalue weighted by atomic mass is 19.1. The number of hydrogen-bond donors (Lipinski definition) is 0. The van der Waals surface area contributed by atoms with Gasteiger partial charge in [-0.05, 0) is 31.9 Å². The van der Waals surface area contributed by atoms with Crippen molar-refractivity contribution in [3.63, 3.8) is 0 Å². The summed E-state index contributed by atoms with van der Waals surface area (Å²) in [5.41, 5.74) is 1.62. The van der Waals surface area contributed by atoms with E-state index >= 15 is 0 Å². The molecule has 3 heterocycles. The van der Waals surface area contributed by atoms with E-state index in [1.54, 1.807) is 6.92 Å². The number of aromatic nitrogens is 2. The minimum atomic E-state index is -0.786. The van der Waals surface area contributed by atoms with Gasteiger partial charge in [-0.1, -0.05) is 0 Å². The van der Waals surface area contributed by atoms with E-state index in [0.717, 1.165) is 30.5 Å². The van der Waals surface area contributed by atoms with Crippen molar-refractivity contribution in [3.05, 3.63) is 46.8 Å². The van der Waals surface area contributed by atoms with Crippen molar-refractivity contribution < 1.29 is 23.0 Å². The molecule has 5 nitrogen and oxygen atoms in total. The Bertz CT molecular complexity index is 818. The van der Waals surface area contributed by atoms with Crippen LogP contribution in [0.4, 0.5) is 8.78 Å². The molecule has 2 aliphatic heterocycles. The summed E-state index contributed by atoms with van der Waals surface area (Å²) in [7, 11) is 0. The Hall–Kier alpha value is -2.28. The van der Waals surface area contributed by atoms with E-state index in [4.69, 9.17) is 9.47 Å². The third-order valence-electron chi connectivity index (χ3n) is 4.47. The van der Waals surface area contributed by atoms with Crippen molar-refractivity contribution >= 4 is 5.97 Å². The quantitative estimate of drug-likeness (QED) is 0.810. The molecular weight excluding hydrogens is 318 g/mol. The van der Waals surface area contributed by atoms with Gasteiger partial charge >= 0.3 is 5.97 Å². The lowest BCUT2D eigenvalue weighted by Gasteiger charge is -2.19. The van der Waals surface area contributed by atoms with E-state index in [2.05, 4.69) is 5.10 Å². The number of rotatable bonds is 3. The molecule has 2 aromatic rings. The topological polar surface area (TPSA) is 53.3 Å². The lowest BCUT2D eigenvalue weighted by atomic mass is 10.0. The van der Waals surface area contributed by atoms with Crippen LogP contribution in [0.2, 0.25) is 0 Å². The molecule has 2 bridgehead atoms. The number of carbonyl (C=O) groups excluding carboxylic acids is 1. The Morgan fingerprint density at radius 3 is 3.00 bits per heavy atom. The van der Waals surface area contributed by atoms with Crippen LogP contribution in [0, 0.1) is 11.6 Å². The fraction of sp³-hybridized carbons (Fsp3) is 0.412. The van der Waals surface area contributed by atoms with Gasteiger partial charge in [0.2, 0.25) is 0 Å². The molecule has 0 spiro atoms. The van der Waals surface area contributed by atoms with E-state index in [1.807, 2.05) is 0 Å². The van der Waals surface area contributed by atoms with Crippen molar-refractivity contribution in [2.75, 3.05) is 6.61 Å². The Kier molecular flexibility index (Phi) is 3.60. The molecule has 1 aromatic heterocycles. The SMILES string of the molecule is CCOC(=O)c1c2c(nn1-c1ccc(F)cc1F)C1CCC(C2)O1. The van der Waals surface area contributed by atoms with Gasteiger partial charge in [-0.25, -0.2) is 18.3 Å². The number of esters is 1. The second-order valence-electron chi connectivity index (χ2n) is 5.97. The van der Waals surface area contributed by atoms with Crippen LogP contribution in [0.1, 0.15) is 47.6 Å². The van der Waals surface area contributed by atoms with Crippen molar-refractivity contribution in [2.45, 2.75) is 38.4 Å². The minimum absolute atomic E-state index is 0.0183. The van der Waals surface area contributed by atoms with Crippen molar-refractivity contribution in [3.8, 4) is 5.69 Å². The van der Waals surface area contributed by atoms with Gasteiger partial charge in [0.05, 0.1) is 18.4 Å². The zero-order valence-electron chi connectivity index (χ0n) is 13.1. The lowest BCUT2D eigenvalue weighted by Crippen LogP contribution is -2.20. The fourth-order valence-corrected chi connectivity index (χ4v) is 3.45. The van der Waals surface area contributed by atoms with Crippen LogP contribution >= 0.6 is 0 Å². The summed E-state index contributed by atoms with van der Waals surface area (Å²) >= 11 is 0. The predicted octanol–water partition coefficient (Wildman–Crippen LogP) is 3.10. The molecule has 24 heavy (non-hydrogen) atoms. The highest BCUT2D eigenvalue weighted by Gasteiger charge is 2.40. The van der Waals surface area contributed by atoms with E-state index in [0.29, 0.717) is 12.1 Å². The summed E-state index contributed by atoms with van der Waals surface area (Å²) in [6.45, 7) is 1.91. The summed E-state index contributed by atoms with van der Waals surface area (Å²) in [6.07, 6.45) is 2.14. The summed E-state index contributed by atoms with van der Waals surface area (Å²) in [4.78, 5) is 12.5. The molecule has 1 aromatic carbocycles. The second kappa shape index (κ2) is 5.66. The first-order valence-corrected chi connectivity index (χ1v) is 7.98. The fourth-order valence-electron chi connectivity index (χ4n) is 3.45. The highest BCUT2D eigenvalue weighted by molar-refractivity contribution is 5.90. The molecular formula is C17H16F2N2O3. The van der Waals surface area contributed by atoms with Crippen LogP contribution in [-0.2, 0) is 15.9 Å². The minimum Gasteiger partial charge on any atom is -0.461 e. The summed E-state index contributed by atoms with van der Waals surface area (Å²) < 4.78 is 39.6.